The molecule has 0 saturated carbocycles. The van der Waals surface area contributed by atoms with E-state index in [0.29, 0.717) is 26.0 Å². The number of carbonyl (C=O) groups excluding carboxylic acids is 1. The van der Waals surface area contributed by atoms with Crippen LogP contribution in [0.4, 0.5) is 0 Å². The number of carboxylic acid groups (broad SMARTS) is 1. The quantitative estimate of drug-likeness (QED) is 0.842. The van der Waals surface area contributed by atoms with Crippen LogP contribution in [0.1, 0.15) is 24.3 Å². The van der Waals surface area contributed by atoms with E-state index >= 15 is 0 Å². The maximum Gasteiger partial charge on any atom is 0.313 e. The van der Waals surface area contributed by atoms with E-state index in [-0.39, 0.29) is 25.0 Å². The number of piperidine rings is 1. The van der Waals surface area contributed by atoms with E-state index in [1.165, 1.54) is 7.11 Å². The Hall–Kier alpha value is -1.60. The molecular formula is C17H20BrNO5. The molecule has 1 aromatic carbocycles. The minimum Gasteiger partial charge on any atom is -0.492 e. The number of hydrogen-bond acceptors (Lipinski definition) is 4. The molecule has 6 nitrogen and oxygen atoms in total. The second kappa shape index (κ2) is 6.72. The van der Waals surface area contributed by atoms with E-state index in [1.54, 1.807) is 4.90 Å². The topological polar surface area (TPSA) is 76.1 Å². The molecule has 1 amide bonds. The average molecular weight is 398 g/mol. The van der Waals surface area contributed by atoms with Crippen LogP contribution in [0.5, 0.6) is 5.75 Å². The summed E-state index contributed by atoms with van der Waals surface area (Å²) in [5, 5.41) is 9.63. The lowest BCUT2D eigenvalue weighted by Crippen LogP contribution is -2.53. The van der Waals surface area contributed by atoms with Crippen molar-refractivity contribution in [3.63, 3.8) is 0 Å². The number of fused-ring (bicyclic) bond motifs is 1. The highest BCUT2D eigenvalue weighted by Crippen LogP contribution is 2.39. The summed E-state index contributed by atoms with van der Waals surface area (Å²) < 4.78 is 11.6. The average Bonchev–Trinajstić information content (AvgIpc) is 2.97. The van der Waals surface area contributed by atoms with Gasteiger partial charge in [0.2, 0.25) is 5.91 Å². The third kappa shape index (κ3) is 3.02. The molecule has 130 valence electrons. The molecule has 2 unspecified atom stereocenters. The van der Waals surface area contributed by atoms with Gasteiger partial charge in [0.25, 0.3) is 0 Å². The number of carboxylic acids is 1. The summed E-state index contributed by atoms with van der Waals surface area (Å²) in [6, 6.07) is 5.62. The molecule has 7 heteroatoms. The predicted molar refractivity (Wildman–Crippen MR) is 90.1 cm³/mol. The summed E-state index contributed by atoms with van der Waals surface area (Å²) >= 11 is 3.42. The number of likely N-dealkylation sites (tertiary alicyclic amines) is 1. The van der Waals surface area contributed by atoms with Gasteiger partial charge in [-0.25, -0.2) is 0 Å². The molecule has 0 radical (unpaired) electrons. The van der Waals surface area contributed by atoms with Gasteiger partial charge in [-0.2, -0.15) is 0 Å². The molecule has 1 N–H and O–H groups in total. The minimum absolute atomic E-state index is 0.0757. The Morgan fingerprint density at radius 1 is 1.50 bits per heavy atom. The molecule has 2 atom stereocenters. The zero-order valence-electron chi connectivity index (χ0n) is 13.5. The van der Waals surface area contributed by atoms with Crippen molar-refractivity contribution in [2.24, 2.45) is 5.41 Å². The van der Waals surface area contributed by atoms with Gasteiger partial charge in [-0.05, 0) is 31.0 Å². The molecule has 2 aliphatic rings. The van der Waals surface area contributed by atoms with Crippen molar-refractivity contribution in [2.45, 2.75) is 18.8 Å². The number of carbonyl (C=O) groups is 2. The Morgan fingerprint density at radius 3 is 3.00 bits per heavy atom. The first-order valence-electron chi connectivity index (χ1n) is 7.90. The molecule has 1 saturated heterocycles. The van der Waals surface area contributed by atoms with E-state index in [4.69, 9.17) is 9.47 Å². The summed E-state index contributed by atoms with van der Waals surface area (Å²) in [5.74, 6) is -0.652. The third-order valence-electron chi connectivity index (χ3n) is 4.81. The van der Waals surface area contributed by atoms with Gasteiger partial charge in [0.1, 0.15) is 23.7 Å². The number of halogens is 1. The maximum atomic E-state index is 13.0. The van der Waals surface area contributed by atoms with Gasteiger partial charge in [-0.1, -0.05) is 15.9 Å². The first-order valence-corrected chi connectivity index (χ1v) is 8.69. The Balaban J connectivity index is 1.81. The van der Waals surface area contributed by atoms with Crippen LogP contribution < -0.4 is 4.74 Å². The van der Waals surface area contributed by atoms with Crippen molar-refractivity contribution >= 4 is 27.8 Å². The van der Waals surface area contributed by atoms with E-state index in [0.717, 1.165) is 15.8 Å². The Kier molecular flexibility index (Phi) is 4.83. The summed E-state index contributed by atoms with van der Waals surface area (Å²) in [7, 11) is 1.49. The van der Waals surface area contributed by atoms with Gasteiger partial charge in [0.15, 0.2) is 0 Å². The summed E-state index contributed by atoms with van der Waals surface area (Å²) in [5.41, 5.74) is -0.171. The van der Waals surface area contributed by atoms with Crippen molar-refractivity contribution in [1.29, 1.82) is 0 Å². The lowest BCUT2D eigenvalue weighted by molar-refractivity contribution is -0.159. The number of methoxy groups -OCH3 is 1. The van der Waals surface area contributed by atoms with Crippen LogP contribution in [0, 0.1) is 5.41 Å². The number of nitrogens with zero attached hydrogens (tertiary/aromatic N) is 1. The van der Waals surface area contributed by atoms with Crippen molar-refractivity contribution in [2.75, 3.05) is 33.4 Å². The van der Waals surface area contributed by atoms with Crippen LogP contribution >= 0.6 is 15.9 Å². The Morgan fingerprint density at radius 2 is 2.29 bits per heavy atom. The second-order valence-electron chi connectivity index (χ2n) is 6.43. The summed E-state index contributed by atoms with van der Waals surface area (Å²) in [6.45, 7) is 1.15. The monoisotopic (exact) mass is 397 g/mol. The van der Waals surface area contributed by atoms with Gasteiger partial charge in [0, 0.05) is 30.2 Å². The zero-order chi connectivity index (χ0) is 17.3. The van der Waals surface area contributed by atoms with Gasteiger partial charge in [0.05, 0.1) is 6.61 Å². The SMILES string of the molecule is COCC1(C(=O)O)CCCN(C(=O)C2COc3ccc(Br)cc32)C1. The first kappa shape index (κ1) is 17.2. The van der Waals surface area contributed by atoms with Crippen LogP contribution in [0.25, 0.3) is 0 Å². The van der Waals surface area contributed by atoms with Gasteiger partial charge < -0.3 is 19.5 Å². The maximum absolute atomic E-state index is 13.0. The molecule has 0 aliphatic carbocycles. The number of aliphatic carboxylic acids is 1. The van der Waals surface area contributed by atoms with E-state index < -0.39 is 11.4 Å². The fourth-order valence-electron chi connectivity index (χ4n) is 3.56. The fraction of sp³-hybridized carbons (Fsp3) is 0.529. The van der Waals surface area contributed by atoms with Crippen LogP contribution in [0.15, 0.2) is 22.7 Å². The molecule has 1 aromatic rings. The van der Waals surface area contributed by atoms with Crippen molar-refractivity contribution in [3.05, 3.63) is 28.2 Å². The molecule has 0 spiro atoms. The normalized spacial score (nSPS) is 25.9. The molecule has 24 heavy (non-hydrogen) atoms. The molecule has 1 fully saturated rings. The summed E-state index contributed by atoms with van der Waals surface area (Å²) in [4.78, 5) is 26.4. The molecule has 2 aliphatic heterocycles. The minimum atomic E-state index is -1.03. The number of amides is 1. The van der Waals surface area contributed by atoms with Gasteiger partial charge in [-0.15, -0.1) is 0 Å². The molecule has 0 bridgehead atoms. The van der Waals surface area contributed by atoms with Crippen molar-refractivity contribution in [1.82, 2.24) is 4.90 Å². The van der Waals surface area contributed by atoms with Crippen LogP contribution in [0.2, 0.25) is 0 Å². The van der Waals surface area contributed by atoms with Crippen molar-refractivity contribution < 1.29 is 24.2 Å². The van der Waals surface area contributed by atoms with E-state index in [9.17, 15) is 14.7 Å². The number of ether oxygens (including phenoxy) is 2. The Labute approximate surface area is 148 Å². The lowest BCUT2D eigenvalue weighted by Gasteiger charge is -2.40. The number of benzene rings is 1. The second-order valence-corrected chi connectivity index (χ2v) is 7.34. The molecule has 0 aromatic heterocycles. The van der Waals surface area contributed by atoms with Crippen molar-refractivity contribution in [3.8, 4) is 5.75 Å². The largest absolute Gasteiger partial charge is 0.492 e. The molecule has 3 rings (SSSR count). The van der Waals surface area contributed by atoms with E-state index in [1.807, 2.05) is 18.2 Å². The molecule has 2 heterocycles. The highest BCUT2D eigenvalue weighted by atomic mass is 79.9. The fourth-order valence-corrected chi connectivity index (χ4v) is 3.94. The molecular weight excluding hydrogens is 378 g/mol. The zero-order valence-corrected chi connectivity index (χ0v) is 15.0. The predicted octanol–water partition coefficient (Wildman–Crippen LogP) is 2.26. The van der Waals surface area contributed by atoms with Crippen LogP contribution in [-0.2, 0) is 14.3 Å². The van der Waals surface area contributed by atoms with Crippen LogP contribution in [0.3, 0.4) is 0 Å². The highest BCUT2D eigenvalue weighted by molar-refractivity contribution is 9.10. The highest BCUT2D eigenvalue weighted by Gasteiger charge is 2.45. The smallest absolute Gasteiger partial charge is 0.313 e. The van der Waals surface area contributed by atoms with Gasteiger partial charge >= 0.3 is 5.97 Å². The number of rotatable bonds is 4. The van der Waals surface area contributed by atoms with Gasteiger partial charge in [-0.3, -0.25) is 9.59 Å². The Bertz CT molecular complexity index is 660. The number of hydrogen-bond donors (Lipinski definition) is 1. The van der Waals surface area contributed by atoms with E-state index in [2.05, 4.69) is 15.9 Å². The lowest BCUT2D eigenvalue weighted by atomic mass is 9.80. The van der Waals surface area contributed by atoms with Crippen LogP contribution in [-0.4, -0.2) is 55.3 Å². The summed E-state index contributed by atoms with van der Waals surface area (Å²) in [6.07, 6.45) is 1.17. The third-order valence-corrected chi connectivity index (χ3v) is 5.31. The standard InChI is InChI=1S/C17H20BrNO5/c1-23-10-17(16(21)22)5-2-6-19(9-17)15(20)13-8-24-14-4-3-11(18)7-12(13)14/h3-4,7,13H,2,5-6,8-10H2,1H3,(H,21,22). The first-order chi connectivity index (χ1) is 11.5.